The highest BCUT2D eigenvalue weighted by Gasteiger charge is 2.35. The van der Waals surface area contributed by atoms with E-state index in [0.717, 1.165) is 24.5 Å². The zero-order valence-corrected chi connectivity index (χ0v) is 12.4. The van der Waals surface area contributed by atoms with Gasteiger partial charge in [-0.15, -0.1) is 0 Å². The first-order valence-corrected chi connectivity index (χ1v) is 6.91. The minimum atomic E-state index is 0.00150. The van der Waals surface area contributed by atoms with Crippen molar-refractivity contribution in [2.24, 2.45) is 7.05 Å². The molecule has 0 aromatic carbocycles. The average Bonchev–Trinajstić information content (AvgIpc) is 2.83. The van der Waals surface area contributed by atoms with Gasteiger partial charge in [-0.25, -0.2) is 9.97 Å². The third-order valence-corrected chi connectivity index (χ3v) is 3.69. The van der Waals surface area contributed by atoms with Crippen LogP contribution in [-0.2, 0) is 7.05 Å². The molecule has 1 fully saturated rings. The van der Waals surface area contributed by atoms with E-state index in [0.29, 0.717) is 11.4 Å². The maximum atomic E-state index is 12.5. The van der Waals surface area contributed by atoms with Crippen LogP contribution in [0.4, 0.5) is 5.82 Å². The van der Waals surface area contributed by atoms with Crippen LogP contribution in [0.1, 0.15) is 34.3 Å². The summed E-state index contributed by atoms with van der Waals surface area (Å²) in [6, 6.07) is 1.92. The number of nitrogens with zero attached hydrogens (tertiary/aromatic N) is 5. The van der Waals surface area contributed by atoms with Crippen LogP contribution in [0.2, 0.25) is 0 Å². The molecule has 7 heteroatoms. The van der Waals surface area contributed by atoms with Gasteiger partial charge in [0.25, 0.3) is 5.91 Å². The molecule has 3 heterocycles. The van der Waals surface area contributed by atoms with Gasteiger partial charge >= 0.3 is 0 Å². The highest BCUT2D eigenvalue weighted by molar-refractivity contribution is 5.94. The van der Waals surface area contributed by atoms with Crippen molar-refractivity contribution in [3.05, 3.63) is 35.5 Å². The van der Waals surface area contributed by atoms with Gasteiger partial charge in [-0.2, -0.15) is 5.10 Å². The van der Waals surface area contributed by atoms with Gasteiger partial charge in [0.2, 0.25) is 0 Å². The SMILES string of the molecule is CNc1cc([C@@H]2CCN2C(=O)c2cnn(C)c2)nc(C)n1. The van der Waals surface area contributed by atoms with E-state index in [9.17, 15) is 4.79 Å². The minimum absolute atomic E-state index is 0.00150. The van der Waals surface area contributed by atoms with Gasteiger partial charge in [-0.1, -0.05) is 0 Å². The normalized spacial score (nSPS) is 17.5. The van der Waals surface area contributed by atoms with Crippen LogP contribution in [0.15, 0.2) is 18.5 Å². The van der Waals surface area contributed by atoms with E-state index in [4.69, 9.17) is 0 Å². The number of carbonyl (C=O) groups excluding carboxylic acids is 1. The Balaban J connectivity index is 1.84. The van der Waals surface area contributed by atoms with E-state index in [-0.39, 0.29) is 11.9 Å². The summed E-state index contributed by atoms with van der Waals surface area (Å²) in [6.07, 6.45) is 4.26. The zero-order valence-electron chi connectivity index (χ0n) is 12.4. The Morgan fingerprint density at radius 2 is 2.24 bits per heavy atom. The fourth-order valence-electron chi connectivity index (χ4n) is 2.52. The van der Waals surface area contributed by atoms with E-state index in [2.05, 4.69) is 20.4 Å². The Morgan fingerprint density at radius 1 is 1.43 bits per heavy atom. The largest absolute Gasteiger partial charge is 0.373 e. The molecule has 1 amide bonds. The van der Waals surface area contributed by atoms with Gasteiger partial charge < -0.3 is 10.2 Å². The van der Waals surface area contributed by atoms with Gasteiger partial charge in [-0.3, -0.25) is 9.48 Å². The summed E-state index contributed by atoms with van der Waals surface area (Å²) in [4.78, 5) is 23.1. The molecular weight excluding hydrogens is 268 g/mol. The Kier molecular flexibility index (Phi) is 3.32. The molecule has 2 aromatic rings. The van der Waals surface area contributed by atoms with Crippen molar-refractivity contribution in [1.82, 2.24) is 24.6 Å². The molecule has 110 valence electrons. The predicted octanol–water partition coefficient (Wildman–Crippen LogP) is 1.15. The minimum Gasteiger partial charge on any atom is -0.373 e. The van der Waals surface area contributed by atoms with Gasteiger partial charge in [0.1, 0.15) is 11.6 Å². The van der Waals surface area contributed by atoms with Crippen LogP contribution in [0.5, 0.6) is 0 Å². The van der Waals surface area contributed by atoms with Gasteiger partial charge in [0.05, 0.1) is 23.5 Å². The lowest BCUT2D eigenvalue weighted by atomic mass is 9.98. The van der Waals surface area contributed by atoms with Crippen LogP contribution in [0.25, 0.3) is 0 Å². The Morgan fingerprint density at radius 3 is 2.81 bits per heavy atom. The van der Waals surface area contributed by atoms with Crippen LogP contribution in [0.3, 0.4) is 0 Å². The van der Waals surface area contributed by atoms with Crippen molar-refractivity contribution in [3.8, 4) is 0 Å². The fraction of sp³-hybridized carbons (Fsp3) is 0.429. The molecule has 21 heavy (non-hydrogen) atoms. The topological polar surface area (TPSA) is 75.9 Å². The summed E-state index contributed by atoms with van der Waals surface area (Å²) < 4.78 is 1.63. The number of rotatable bonds is 3. The van der Waals surface area contributed by atoms with Crippen LogP contribution < -0.4 is 5.32 Å². The maximum absolute atomic E-state index is 12.5. The first-order chi connectivity index (χ1) is 10.1. The fourth-order valence-corrected chi connectivity index (χ4v) is 2.52. The van der Waals surface area contributed by atoms with Crippen LogP contribution in [-0.4, -0.2) is 44.1 Å². The molecule has 0 radical (unpaired) electrons. The third-order valence-electron chi connectivity index (χ3n) is 3.69. The van der Waals surface area contributed by atoms with E-state index in [1.807, 2.05) is 24.9 Å². The molecule has 3 rings (SSSR count). The van der Waals surface area contributed by atoms with Crippen LogP contribution >= 0.6 is 0 Å². The summed E-state index contributed by atoms with van der Waals surface area (Å²) in [6.45, 7) is 2.60. The Labute approximate surface area is 123 Å². The van der Waals surface area contributed by atoms with Crippen molar-refractivity contribution >= 4 is 11.7 Å². The smallest absolute Gasteiger partial charge is 0.257 e. The molecule has 0 unspecified atom stereocenters. The number of hydrogen-bond donors (Lipinski definition) is 1. The highest BCUT2D eigenvalue weighted by atomic mass is 16.2. The maximum Gasteiger partial charge on any atom is 0.257 e. The van der Waals surface area contributed by atoms with E-state index < -0.39 is 0 Å². The Hall–Kier alpha value is -2.44. The number of carbonyl (C=O) groups is 1. The second-order valence-corrected chi connectivity index (χ2v) is 5.18. The quantitative estimate of drug-likeness (QED) is 0.916. The van der Waals surface area contributed by atoms with E-state index in [1.165, 1.54) is 0 Å². The Bertz CT molecular complexity index is 680. The number of hydrogen-bond acceptors (Lipinski definition) is 5. The summed E-state index contributed by atoms with van der Waals surface area (Å²) in [7, 11) is 3.63. The van der Waals surface area contributed by atoms with Crippen molar-refractivity contribution in [2.75, 3.05) is 18.9 Å². The lowest BCUT2D eigenvalue weighted by Crippen LogP contribution is -2.45. The first-order valence-electron chi connectivity index (χ1n) is 6.91. The van der Waals surface area contributed by atoms with Crippen molar-refractivity contribution in [2.45, 2.75) is 19.4 Å². The molecule has 1 atom stereocenters. The summed E-state index contributed by atoms with van der Waals surface area (Å²) in [5, 5.41) is 7.07. The predicted molar refractivity (Wildman–Crippen MR) is 77.9 cm³/mol. The lowest BCUT2D eigenvalue weighted by molar-refractivity contribution is 0.0450. The molecule has 2 aromatic heterocycles. The zero-order chi connectivity index (χ0) is 15.0. The summed E-state index contributed by atoms with van der Waals surface area (Å²) in [5.41, 5.74) is 1.50. The van der Waals surface area contributed by atoms with Crippen molar-refractivity contribution < 1.29 is 4.79 Å². The molecule has 0 aliphatic carbocycles. The second-order valence-electron chi connectivity index (χ2n) is 5.18. The molecular formula is C14H18N6O. The van der Waals surface area contributed by atoms with Gasteiger partial charge in [0, 0.05) is 32.9 Å². The van der Waals surface area contributed by atoms with E-state index >= 15 is 0 Å². The van der Waals surface area contributed by atoms with Gasteiger partial charge in [0.15, 0.2) is 0 Å². The highest BCUT2D eigenvalue weighted by Crippen LogP contribution is 2.34. The number of anilines is 1. The molecule has 0 saturated carbocycles. The van der Waals surface area contributed by atoms with Crippen LogP contribution in [0, 0.1) is 6.92 Å². The molecule has 1 N–H and O–H groups in total. The third kappa shape index (κ3) is 2.46. The molecule has 1 saturated heterocycles. The first kappa shape index (κ1) is 13.5. The number of likely N-dealkylation sites (tertiary alicyclic amines) is 1. The molecule has 1 aliphatic heterocycles. The molecule has 0 bridgehead atoms. The second kappa shape index (κ2) is 5.16. The van der Waals surface area contributed by atoms with Crippen molar-refractivity contribution in [3.63, 3.8) is 0 Å². The number of aryl methyl sites for hydroxylation is 2. The van der Waals surface area contributed by atoms with Crippen molar-refractivity contribution in [1.29, 1.82) is 0 Å². The van der Waals surface area contributed by atoms with Gasteiger partial charge in [-0.05, 0) is 13.3 Å². The molecule has 7 nitrogen and oxygen atoms in total. The molecule has 1 aliphatic rings. The monoisotopic (exact) mass is 286 g/mol. The van der Waals surface area contributed by atoms with E-state index in [1.54, 1.807) is 24.1 Å². The summed E-state index contributed by atoms with van der Waals surface area (Å²) >= 11 is 0. The molecule has 0 spiro atoms. The summed E-state index contributed by atoms with van der Waals surface area (Å²) in [5.74, 6) is 1.48. The average molecular weight is 286 g/mol. The standard InChI is InChI=1S/C14H18N6O/c1-9-17-11(6-13(15-2)18-9)12-4-5-20(12)14(21)10-7-16-19(3)8-10/h6-8,12H,4-5H2,1-3H3,(H,15,17,18)/t12-/m0/s1. The number of amides is 1. The number of aromatic nitrogens is 4. The number of nitrogens with one attached hydrogen (secondary N) is 1. The lowest BCUT2D eigenvalue weighted by Gasteiger charge is -2.40.